The van der Waals surface area contributed by atoms with Gasteiger partial charge < -0.3 is 0 Å². The normalized spacial score (nSPS) is 20.6. The van der Waals surface area contributed by atoms with E-state index in [0.717, 1.165) is 28.4 Å². The Morgan fingerprint density at radius 1 is 1.13 bits per heavy atom. The summed E-state index contributed by atoms with van der Waals surface area (Å²) in [5.41, 5.74) is -1.45. The van der Waals surface area contributed by atoms with E-state index in [1.165, 1.54) is 32.0 Å². The van der Waals surface area contributed by atoms with Crippen molar-refractivity contribution >= 4 is 32.5 Å². The Kier molecular flexibility index (Phi) is 4.76. The van der Waals surface area contributed by atoms with Crippen LogP contribution in [-0.4, -0.2) is 23.5 Å². The van der Waals surface area contributed by atoms with Crippen LogP contribution in [0.15, 0.2) is 47.4 Å². The van der Waals surface area contributed by atoms with Crippen LogP contribution in [-0.2, 0) is 15.9 Å². The maximum Gasteiger partial charge on any atom is 0.283 e. The third-order valence-corrected chi connectivity index (χ3v) is 8.06. The molecule has 1 aromatic heterocycles. The van der Waals surface area contributed by atoms with Gasteiger partial charge in [0.1, 0.15) is 0 Å². The highest BCUT2D eigenvalue weighted by Gasteiger charge is 2.64. The fourth-order valence-corrected chi connectivity index (χ4v) is 5.46. The van der Waals surface area contributed by atoms with Gasteiger partial charge in [0, 0.05) is 35.6 Å². The molecule has 0 spiro atoms. The first-order valence-electron chi connectivity index (χ1n) is 9.47. The summed E-state index contributed by atoms with van der Waals surface area (Å²) in [7, 11) is -4.29. The molecule has 0 radical (unpaired) electrons. The van der Waals surface area contributed by atoms with Crippen molar-refractivity contribution in [2.75, 3.05) is 0 Å². The minimum absolute atomic E-state index is 0.137. The van der Waals surface area contributed by atoms with Gasteiger partial charge in [-0.25, -0.2) is 17.6 Å². The molecule has 10 heteroatoms. The van der Waals surface area contributed by atoms with Crippen molar-refractivity contribution in [3.63, 3.8) is 0 Å². The third kappa shape index (κ3) is 3.24. The summed E-state index contributed by atoms with van der Waals surface area (Å²) in [6, 6.07) is 8.75. The number of rotatable bonds is 4. The highest BCUT2D eigenvalue weighted by Crippen LogP contribution is 2.63. The molecule has 0 aliphatic heterocycles. The van der Waals surface area contributed by atoms with E-state index in [4.69, 9.17) is 11.6 Å². The summed E-state index contributed by atoms with van der Waals surface area (Å²) in [6.07, 6.45) is -0.475. The second-order valence-corrected chi connectivity index (χ2v) is 10.6. The first-order chi connectivity index (χ1) is 14.2. The van der Waals surface area contributed by atoms with Gasteiger partial charge in [0.05, 0.1) is 21.1 Å². The number of fused-ring (bicyclic) bond motifs is 1. The van der Waals surface area contributed by atoms with Crippen molar-refractivity contribution in [3.8, 4) is 0 Å². The third-order valence-electron chi connectivity index (χ3n) is 6.14. The van der Waals surface area contributed by atoms with Crippen molar-refractivity contribution in [1.29, 1.82) is 0 Å². The molecule has 0 amide bonds. The Morgan fingerprint density at radius 3 is 2.26 bits per heavy atom. The second-order valence-electron chi connectivity index (χ2n) is 8.46. The number of halogens is 5. The van der Waals surface area contributed by atoms with E-state index >= 15 is 0 Å². The molecule has 1 saturated carbocycles. The Morgan fingerprint density at radius 2 is 1.74 bits per heavy atom. The predicted molar refractivity (Wildman–Crippen MR) is 109 cm³/mol. The Hall–Kier alpha value is -2.13. The lowest BCUT2D eigenvalue weighted by Crippen LogP contribution is -2.53. The van der Waals surface area contributed by atoms with Crippen molar-refractivity contribution in [2.45, 2.75) is 49.9 Å². The molecule has 1 atom stereocenters. The Balaban J connectivity index is 1.88. The average Bonchev–Trinajstić information content (AvgIpc) is 3.07. The van der Waals surface area contributed by atoms with Crippen LogP contribution in [0.25, 0.3) is 10.9 Å². The van der Waals surface area contributed by atoms with Crippen LogP contribution in [0.1, 0.15) is 44.4 Å². The number of hydrogen-bond acceptors (Lipinski definition) is 3. The molecule has 166 valence electrons. The summed E-state index contributed by atoms with van der Waals surface area (Å²) in [4.78, 5) is -0.255. The van der Waals surface area contributed by atoms with Gasteiger partial charge in [0.15, 0.2) is 0 Å². The Bertz CT molecular complexity index is 1280. The summed E-state index contributed by atoms with van der Waals surface area (Å²) in [6.45, 7) is 3.52. The fourth-order valence-electron chi connectivity index (χ4n) is 3.91. The van der Waals surface area contributed by atoms with Crippen LogP contribution in [0.5, 0.6) is 0 Å². The Labute approximate surface area is 181 Å². The van der Waals surface area contributed by atoms with E-state index in [1.54, 1.807) is 0 Å². The molecular weight excluding hydrogens is 456 g/mol. The minimum Gasteiger partial charge on any atom is -0.206 e. The number of benzene rings is 2. The average molecular weight is 475 g/mol. The number of alkyl halides is 4. The molecule has 3 aromatic rings. The van der Waals surface area contributed by atoms with Gasteiger partial charge in [-0.05, 0) is 24.3 Å². The largest absolute Gasteiger partial charge is 0.283 e. The highest BCUT2D eigenvalue weighted by atomic mass is 35.5. The van der Waals surface area contributed by atoms with E-state index in [1.807, 2.05) is 0 Å². The van der Waals surface area contributed by atoms with Crippen LogP contribution in [0.2, 0.25) is 5.02 Å². The molecule has 4 nitrogen and oxygen atoms in total. The quantitative estimate of drug-likeness (QED) is 0.424. The molecule has 1 aliphatic carbocycles. The lowest BCUT2D eigenvalue weighted by atomic mass is 9.58. The van der Waals surface area contributed by atoms with Crippen molar-refractivity contribution in [3.05, 3.63) is 58.7 Å². The van der Waals surface area contributed by atoms with Gasteiger partial charge in [0.25, 0.3) is 21.9 Å². The molecule has 2 aromatic carbocycles. The summed E-state index contributed by atoms with van der Waals surface area (Å²) in [5.74, 6) is -6.75. The number of aromatic nitrogens is 2. The smallest absolute Gasteiger partial charge is 0.206 e. The van der Waals surface area contributed by atoms with E-state index < -0.39 is 39.6 Å². The zero-order chi connectivity index (χ0) is 23.0. The molecule has 0 N–H and O–H groups in total. The first kappa shape index (κ1) is 22.1. The molecule has 1 aliphatic rings. The van der Waals surface area contributed by atoms with E-state index in [-0.39, 0.29) is 32.1 Å². The van der Waals surface area contributed by atoms with Crippen molar-refractivity contribution < 1.29 is 26.0 Å². The summed E-state index contributed by atoms with van der Waals surface area (Å²) >= 11 is 6.31. The van der Waals surface area contributed by atoms with Gasteiger partial charge in [-0.2, -0.15) is 17.6 Å². The van der Waals surface area contributed by atoms with Crippen molar-refractivity contribution in [1.82, 2.24) is 9.19 Å². The van der Waals surface area contributed by atoms with Crippen LogP contribution in [0, 0.1) is 5.41 Å². The first-order valence-corrected chi connectivity index (χ1v) is 11.3. The lowest BCUT2D eigenvalue weighted by molar-refractivity contribution is -0.201. The van der Waals surface area contributed by atoms with Crippen LogP contribution in [0.3, 0.4) is 0 Å². The van der Waals surface area contributed by atoms with Gasteiger partial charge >= 0.3 is 0 Å². The predicted octanol–water partition coefficient (Wildman–Crippen LogP) is 6.19. The molecule has 4 rings (SSSR count). The van der Waals surface area contributed by atoms with Gasteiger partial charge in [-0.1, -0.05) is 43.6 Å². The minimum atomic E-state index is -4.29. The number of hydrogen-bond donors (Lipinski definition) is 0. The molecule has 1 fully saturated rings. The second kappa shape index (κ2) is 6.68. The van der Waals surface area contributed by atoms with Crippen LogP contribution in [0.4, 0.5) is 17.6 Å². The van der Waals surface area contributed by atoms with E-state index in [2.05, 4.69) is 5.10 Å². The summed E-state index contributed by atoms with van der Waals surface area (Å²) in [5, 5.41) is 4.70. The molecule has 1 heterocycles. The topological polar surface area (TPSA) is 52.0 Å². The van der Waals surface area contributed by atoms with Gasteiger partial charge in [-0.15, -0.1) is 0 Å². The molecule has 0 saturated heterocycles. The molecular formula is C21H19ClF4N2O2S. The van der Waals surface area contributed by atoms with Crippen LogP contribution < -0.4 is 0 Å². The van der Waals surface area contributed by atoms with E-state index in [0.29, 0.717) is 6.92 Å². The zero-order valence-corrected chi connectivity index (χ0v) is 18.4. The maximum atomic E-state index is 14.1. The van der Waals surface area contributed by atoms with Crippen LogP contribution >= 0.6 is 11.6 Å². The molecule has 0 bridgehead atoms. The number of nitrogens with zero attached hydrogens (tertiary/aromatic N) is 2. The highest BCUT2D eigenvalue weighted by molar-refractivity contribution is 7.90. The molecule has 1 unspecified atom stereocenters. The fraction of sp³-hybridized carbons (Fsp3) is 0.381. The summed E-state index contributed by atoms with van der Waals surface area (Å²) < 4.78 is 82.6. The zero-order valence-electron chi connectivity index (χ0n) is 16.8. The monoisotopic (exact) mass is 474 g/mol. The van der Waals surface area contributed by atoms with Gasteiger partial charge in [0.2, 0.25) is 0 Å². The van der Waals surface area contributed by atoms with E-state index in [9.17, 15) is 26.0 Å². The van der Waals surface area contributed by atoms with Crippen molar-refractivity contribution in [2.24, 2.45) is 5.41 Å². The maximum absolute atomic E-state index is 14.1. The molecule has 31 heavy (non-hydrogen) atoms. The SMILES string of the molecule is CC(F)(F)c1ccc(S(=O)(=O)n2nc(C3CC(F)(F)C3(C)C)c3c(Cl)cccc32)cc1. The van der Waals surface area contributed by atoms with Gasteiger partial charge in [-0.3, -0.25) is 0 Å². The standard InChI is InChI=1S/C21H19ClF4N2O2S/c1-19(2)14(11-21(19,25)26)18-17-15(22)5-4-6-16(17)28(27-18)31(29,30)13-9-7-12(8-10-13)20(3,23)24/h4-10,14H,11H2,1-3H3. The lowest BCUT2D eigenvalue weighted by Gasteiger charge is -2.51.